The topological polar surface area (TPSA) is 52.6 Å². The van der Waals surface area contributed by atoms with E-state index in [0.29, 0.717) is 13.2 Å². The second-order valence-electron chi connectivity index (χ2n) is 11.6. The number of esters is 2. The van der Waals surface area contributed by atoms with Gasteiger partial charge in [0.1, 0.15) is 0 Å². The highest BCUT2D eigenvalue weighted by molar-refractivity contribution is 5.82. The van der Waals surface area contributed by atoms with E-state index in [4.69, 9.17) is 9.47 Å². The summed E-state index contributed by atoms with van der Waals surface area (Å²) in [5.74, 6) is -0.574. The van der Waals surface area contributed by atoms with Crippen LogP contribution in [0.3, 0.4) is 0 Å². The molecule has 0 N–H and O–H groups in total. The van der Waals surface area contributed by atoms with E-state index < -0.39 is 0 Å². The van der Waals surface area contributed by atoms with Crippen molar-refractivity contribution in [1.82, 2.24) is 0 Å². The van der Waals surface area contributed by atoms with Gasteiger partial charge in [-0.3, -0.25) is 9.59 Å². The fourth-order valence-corrected chi connectivity index (χ4v) is 6.19. The Morgan fingerprint density at radius 2 is 0.838 bits per heavy atom. The van der Waals surface area contributed by atoms with Crippen LogP contribution in [-0.2, 0) is 19.1 Å². The van der Waals surface area contributed by atoms with E-state index in [2.05, 4.69) is 27.7 Å². The molecule has 0 radical (unpaired) electrons. The van der Waals surface area contributed by atoms with Crippen LogP contribution < -0.4 is 0 Å². The minimum Gasteiger partial charge on any atom is -0.465 e. The van der Waals surface area contributed by atoms with Crippen molar-refractivity contribution in [3.63, 3.8) is 0 Å². The molecule has 0 saturated heterocycles. The highest BCUT2D eigenvalue weighted by atomic mass is 16.5. The Kier molecular flexibility index (Phi) is 21.0. The Hall–Kier alpha value is -1.06. The molecule has 37 heavy (non-hydrogen) atoms. The third-order valence-corrected chi connectivity index (χ3v) is 8.63. The summed E-state index contributed by atoms with van der Waals surface area (Å²) in [5, 5.41) is 0. The molecule has 0 amide bonds. The van der Waals surface area contributed by atoms with Gasteiger partial charge in [0, 0.05) is 0 Å². The number of hydrogen-bond donors (Lipinski definition) is 0. The Balaban J connectivity index is 2.55. The molecule has 1 aliphatic carbocycles. The number of carbonyl (C=O) groups excluding carboxylic acids is 2. The van der Waals surface area contributed by atoms with E-state index in [9.17, 15) is 9.59 Å². The zero-order valence-electron chi connectivity index (χ0n) is 25.2. The predicted molar refractivity (Wildman–Crippen MR) is 156 cm³/mol. The van der Waals surface area contributed by atoms with Gasteiger partial charge >= 0.3 is 11.9 Å². The van der Waals surface area contributed by atoms with Crippen LogP contribution in [0.1, 0.15) is 163 Å². The highest BCUT2D eigenvalue weighted by Gasteiger charge is 2.45. The molecular formula is C33H62O4. The average Bonchev–Trinajstić information content (AvgIpc) is 3.10. The highest BCUT2D eigenvalue weighted by Crippen LogP contribution is 2.41. The lowest BCUT2D eigenvalue weighted by Crippen LogP contribution is -2.40. The first-order valence-corrected chi connectivity index (χ1v) is 16.4. The van der Waals surface area contributed by atoms with Crippen molar-refractivity contribution >= 4 is 11.9 Å². The third-order valence-electron chi connectivity index (χ3n) is 8.63. The van der Waals surface area contributed by atoms with E-state index in [1.165, 1.54) is 77.0 Å². The molecular weight excluding hydrogens is 460 g/mol. The van der Waals surface area contributed by atoms with Crippen molar-refractivity contribution in [2.24, 2.45) is 23.7 Å². The summed E-state index contributed by atoms with van der Waals surface area (Å²) in [6, 6.07) is 0. The van der Waals surface area contributed by atoms with Gasteiger partial charge in [-0.05, 0) is 37.5 Å². The average molecular weight is 523 g/mol. The van der Waals surface area contributed by atoms with Crippen molar-refractivity contribution in [3.05, 3.63) is 0 Å². The van der Waals surface area contributed by atoms with Crippen molar-refractivity contribution in [3.8, 4) is 0 Å². The number of rotatable bonds is 22. The van der Waals surface area contributed by atoms with Gasteiger partial charge in [-0.15, -0.1) is 0 Å². The normalized spacial score (nSPS) is 21.9. The smallest absolute Gasteiger partial charge is 0.310 e. The maximum absolute atomic E-state index is 13.4. The summed E-state index contributed by atoms with van der Waals surface area (Å²) in [6.07, 6.45) is 24.5. The molecule has 4 unspecified atom stereocenters. The minimum absolute atomic E-state index is 0.149. The number of carbonyl (C=O) groups is 2. The van der Waals surface area contributed by atoms with Gasteiger partial charge in [0.05, 0.1) is 25.0 Å². The molecule has 0 aliphatic heterocycles. The van der Waals surface area contributed by atoms with Gasteiger partial charge < -0.3 is 9.47 Å². The minimum atomic E-state index is -0.349. The molecule has 4 heteroatoms. The van der Waals surface area contributed by atoms with Gasteiger partial charge in [-0.25, -0.2) is 0 Å². The predicted octanol–water partition coefficient (Wildman–Crippen LogP) is 9.82. The van der Waals surface area contributed by atoms with E-state index in [1.54, 1.807) is 0 Å². The largest absolute Gasteiger partial charge is 0.465 e. The van der Waals surface area contributed by atoms with Crippen LogP contribution >= 0.6 is 0 Å². The summed E-state index contributed by atoms with van der Waals surface area (Å²) in [5.41, 5.74) is 0. The molecule has 1 rings (SSSR count). The van der Waals surface area contributed by atoms with Crippen LogP contribution in [0.5, 0.6) is 0 Å². The van der Waals surface area contributed by atoms with Crippen molar-refractivity contribution in [2.45, 2.75) is 163 Å². The number of unbranched alkanes of at least 4 members (excludes halogenated alkanes) is 14. The second kappa shape index (κ2) is 22.9. The van der Waals surface area contributed by atoms with E-state index in [0.717, 1.165) is 57.8 Å². The van der Waals surface area contributed by atoms with Gasteiger partial charge in [-0.2, -0.15) is 0 Å². The van der Waals surface area contributed by atoms with Gasteiger partial charge in [0.25, 0.3) is 0 Å². The molecule has 0 aromatic rings. The molecule has 1 aliphatic rings. The monoisotopic (exact) mass is 522 g/mol. The van der Waals surface area contributed by atoms with Crippen LogP contribution in [0, 0.1) is 23.7 Å². The molecule has 1 saturated carbocycles. The van der Waals surface area contributed by atoms with Crippen LogP contribution in [-0.4, -0.2) is 25.2 Å². The summed E-state index contributed by atoms with van der Waals surface area (Å²) in [4.78, 5) is 26.8. The van der Waals surface area contributed by atoms with Crippen LogP contribution in [0.2, 0.25) is 0 Å². The molecule has 0 spiro atoms. The van der Waals surface area contributed by atoms with Crippen LogP contribution in [0.25, 0.3) is 0 Å². The Bertz CT molecular complexity index is 513. The maximum Gasteiger partial charge on any atom is 0.310 e. The molecule has 0 aromatic carbocycles. The second-order valence-corrected chi connectivity index (χ2v) is 11.6. The lowest BCUT2D eigenvalue weighted by molar-refractivity contribution is -0.165. The molecule has 0 heterocycles. The Morgan fingerprint density at radius 1 is 0.514 bits per heavy atom. The lowest BCUT2D eigenvalue weighted by Gasteiger charge is -2.31. The molecule has 0 aromatic heterocycles. The molecule has 1 fully saturated rings. The zero-order valence-corrected chi connectivity index (χ0v) is 25.2. The van der Waals surface area contributed by atoms with Gasteiger partial charge in [0.2, 0.25) is 0 Å². The molecule has 218 valence electrons. The summed E-state index contributed by atoms with van der Waals surface area (Å²) < 4.78 is 11.7. The maximum atomic E-state index is 13.4. The Morgan fingerprint density at radius 3 is 1.16 bits per heavy atom. The number of hydrogen-bond acceptors (Lipinski definition) is 4. The Labute approximate surface area is 230 Å². The fraction of sp³-hybridized carbons (Fsp3) is 0.939. The van der Waals surface area contributed by atoms with E-state index in [-0.39, 0.29) is 35.6 Å². The molecule has 4 nitrogen and oxygen atoms in total. The lowest BCUT2D eigenvalue weighted by atomic mass is 9.74. The van der Waals surface area contributed by atoms with Gasteiger partial charge in [-0.1, -0.05) is 137 Å². The molecule has 4 atom stereocenters. The SMILES string of the molecule is CCCCCCCCCCOC(=O)C1C(CC)CCCC(CC)C1C(=O)OCCCCCCCCCC. The van der Waals surface area contributed by atoms with Crippen molar-refractivity contribution in [1.29, 1.82) is 0 Å². The van der Waals surface area contributed by atoms with E-state index >= 15 is 0 Å². The van der Waals surface area contributed by atoms with Gasteiger partial charge in [0.15, 0.2) is 0 Å². The summed E-state index contributed by atoms with van der Waals surface area (Å²) in [6.45, 7) is 9.76. The zero-order chi connectivity index (χ0) is 27.1. The first kappa shape index (κ1) is 34.0. The fourth-order valence-electron chi connectivity index (χ4n) is 6.19. The third kappa shape index (κ3) is 14.6. The first-order valence-electron chi connectivity index (χ1n) is 16.4. The molecule has 0 bridgehead atoms. The quantitative estimate of drug-likeness (QED) is 0.0806. The van der Waals surface area contributed by atoms with Crippen LogP contribution in [0.4, 0.5) is 0 Å². The standard InChI is InChI=1S/C33H62O4/c1-5-9-11-13-15-17-19-21-26-36-32(34)30-28(7-3)24-23-25-29(8-4)31(30)33(35)37-27-22-20-18-16-14-12-10-6-2/h28-31H,5-27H2,1-4H3. The van der Waals surface area contributed by atoms with Crippen molar-refractivity contribution < 1.29 is 19.1 Å². The van der Waals surface area contributed by atoms with E-state index in [1.807, 2.05) is 0 Å². The number of ether oxygens (including phenoxy) is 2. The van der Waals surface area contributed by atoms with Crippen LogP contribution in [0.15, 0.2) is 0 Å². The first-order chi connectivity index (χ1) is 18.1. The summed E-state index contributed by atoms with van der Waals surface area (Å²) >= 11 is 0. The summed E-state index contributed by atoms with van der Waals surface area (Å²) in [7, 11) is 0. The van der Waals surface area contributed by atoms with Crippen molar-refractivity contribution in [2.75, 3.05) is 13.2 Å².